The summed E-state index contributed by atoms with van der Waals surface area (Å²) in [4.78, 5) is 53.0. The molecule has 3 atom stereocenters. The Balaban J connectivity index is 1.83. The van der Waals surface area contributed by atoms with Crippen LogP contribution in [0, 0.1) is 0 Å². The van der Waals surface area contributed by atoms with Crippen molar-refractivity contribution in [2.24, 2.45) is 0 Å². The summed E-state index contributed by atoms with van der Waals surface area (Å²) in [5.41, 5.74) is 0.407. The van der Waals surface area contributed by atoms with Crippen LogP contribution >= 0.6 is 0 Å². The molecule has 3 aromatic rings. The molecule has 0 saturated carbocycles. The lowest BCUT2D eigenvalue weighted by Crippen LogP contribution is -2.67. The molecule has 2 amide bonds. The summed E-state index contributed by atoms with van der Waals surface area (Å²) in [5, 5.41) is 2.66. The van der Waals surface area contributed by atoms with E-state index < -0.39 is 53.1 Å². The van der Waals surface area contributed by atoms with Crippen LogP contribution in [-0.2, 0) is 34.2 Å². The van der Waals surface area contributed by atoms with Crippen LogP contribution in [0.4, 0.5) is 4.79 Å². The number of hydrogen-bond acceptors (Lipinski definition) is 7. The molecule has 1 saturated heterocycles. The van der Waals surface area contributed by atoms with Crippen LogP contribution in [-0.4, -0.2) is 65.6 Å². The van der Waals surface area contributed by atoms with Gasteiger partial charge in [-0.2, -0.15) is 0 Å². The number of likely N-dealkylation sites (tertiary alicyclic amines) is 1. The van der Waals surface area contributed by atoms with E-state index in [0.29, 0.717) is 0 Å². The van der Waals surface area contributed by atoms with Gasteiger partial charge in [-0.15, -0.1) is 0 Å². The lowest BCUT2D eigenvalue weighted by Gasteiger charge is -2.44. The van der Waals surface area contributed by atoms with Crippen LogP contribution in [0.5, 0.6) is 0 Å². The lowest BCUT2D eigenvalue weighted by molar-refractivity contribution is -0.163. The van der Waals surface area contributed by atoms with Crippen molar-refractivity contribution in [3.63, 3.8) is 0 Å². The van der Waals surface area contributed by atoms with Gasteiger partial charge < -0.3 is 19.5 Å². The van der Waals surface area contributed by atoms with E-state index in [2.05, 4.69) is 5.32 Å². The monoisotopic (exact) mass is 586 g/mol. The normalized spacial score (nSPS) is 19.0. The second-order valence-corrected chi connectivity index (χ2v) is 11.5. The molecule has 4 rings (SSSR count). The number of esters is 1. The van der Waals surface area contributed by atoms with Crippen molar-refractivity contribution in [1.82, 2.24) is 10.2 Å². The minimum absolute atomic E-state index is 0.138. The fourth-order valence-electron chi connectivity index (χ4n) is 5.34. The highest BCUT2D eigenvalue weighted by Crippen LogP contribution is 2.41. The third-order valence-corrected chi connectivity index (χ3v) is 7.05. The van der Waals surface area contributed by atoms with Gasteiger partial charge in [-0.05, 0) is 37.5 Å². The van der Waals surface area contributed by atoms with E-state index in [9.17, 15) is 19.2 Å². The topological polar surface area (TPSA) is 111 Å². The van der Waals surface area contributed by atoms with Gasteiger partial charge in [0.2, 0.25) is 5.91 Å². The van der Waals surface area contributed by atoms with Gasteiger partial charge in [0.15, 0.2) is 11.9 Å². The zero-order valence-electron chi connectivity index (χ0n) is 25.1. The largest absolute Gasteiger partial charge is 0.452 e. The van der Waals surface area contributed by atoms with Gasteiger partial charge in [-0.3, -0.25) is 19.3 Å². The standard InChI is InChI=1S/C34H38N2O7/c1-23(37)35-28-21-36(32(40)43-33(3,4)5)29(30(39)31(28)42-24(2)38)22-41-34(25-15-9-6-10-16-25,26-17-11-7-12-18-26)27-19-13-8-14-20-27/h6-20,28-29,31H,21-22H2,1-5H3,(H,35,37)/t28-,29+,31+/m0/s1. The zero-order valence-corrected chi connectivity index (χ0v) is 25.1. The predicted octanol–water partition coefficient (Wildman–Crippen LogP) is 4.62. The molecule has 1 aliphatic heterocycles. The Kier molecular flexibility index (Phi) is 9.66. The first kappa shape index (κ1) is 31.4. The Labute approximate surface area is 252 Å². The van der Waals surface area contributed by atoms with Gasteiger partial charge in [0.05, 0.1) is 12.6 Å². The maximum absolute atomic E-state index is 14.1. The van der Waals surface area contributed by atoms with Crippen LogP contribution < -0.4 is 5.32 Å². The number of piperidine rings is 1. The summed E-state index contributed by atoms with van der Waals surface area (Å²) >= 11 is 0. The number of hydrogen-bond donors (Lipinski definition) is 1. The van der Waals surface area contributed by atoms with E-state index >= 15 is 0 Å². The number of carbonyl (C=O) groups excluding carboxylic acids is 4. The van der Waals surface area contributed by atoms with E-state index in [1.165, 1.54) is 18.7 Å². The highest BCUT2D eigenvalue weighted by molar-refractivity contribution is 5.95. The van der Waals surface area contributed by atoms with Crippen molar-refractivity contribution in [3.8, 4) is 0 Å². The number of nitrogens with one attached hydrogen (secondary N) is 1. The predicted molar refractivity (Wildman–Crippen MR) is 160 cm³/mol. The fourth-order valence-corrected chi connectivity index (χ4v) is 5.34. The van der Waals surface area contributed by atoms with Crippen LogP contribution in [0.25, 0.3) is 0 Å². The van der Waals surface area contributed by atoms with Crippen molar-refractivity contribution in [1.29, 1.82) is 0 Å². The average Bonchev–Trinajstić information content (AvgIpc) is 2.96. The van der Waals surface area contributed by atoms with E-state index in [-0.39, 0.29) is 13.2 Å². The summed E-state index contributed by atoms with van der Waals surface area (Å²) in [7, 11) is 0. The third-order valence-electron chi connectivity index (χ3n) is 7.05. The molecule has 9 nitrogen and oxygen atoms in total. The highest BCUT2D eigenvalue weighted by atomic mass is 16.6. The molecule has 226 valence electrons. The molecule has 9 heteroatoms. The Hall–Kier alpha value is -4.50. The average molecular weight is 587 g/mol. The maximum Gasteiger partial charge on any atom is 0.411 e. The number of Topliss-reactive ketones (excluding diaryl/α,β-unsaturated/α-hetero) is 1. The van der Waals surface area contributed by atoms with Gasteiger partial charge in [-0.25, -0.2) is 4.79 Å². The quantitative estimate of drug-likeness (QED) is 0.303. The van der Waals surface area contributed by atoms with Gasteiger partial charge in [0, 0.05) is 20.4 Å². The molecule has 0 aromatic heterocycles. The Morgan fingerprint density at radius 1 is 0.814 bits per heavy atom. The number of nitrogens with zero attached hydrogens (tertiary/aromatic N) is 1. The van der Waals surface area contributed by atoms with Crippen molar-refractivity contribution in [2.45, 2.75) is 64.0 Å². The molecule has 0 bridgehead atoms. The summed E-state index contributed by atoms with van der Waals surface area (Å²) in [6, 6.07) is 26.7. The Morgan fingerprint density at radius 3 is 1.67 bits per heavy atom. The van der Waals surface area contributed by atoms with Crippen LogP contribution in [0.1, 0.15) is 51.3 Å². The molecule has 0 unspecified atom stereocenters. The Bertz CT molecular complexity index is 1320. The zero-order chi connectivity index (χ0) is 31.2. The van der Waals surface area contributed by atoms with Gasteiger partial charge in [0.25, 0.3) is 0 Å². The maximum atomic E-state index is 14.1. The number of amides is 2. The van der Waals surface area contributed by atoms with Gasteiger partial charge >= 0.3 is 12.1 Å². The molecule has 43 heavy (non-hydrogen) atoms. The highest BCUT2D eigenvalue weighted by Gasteiger charge is 2.49. The second kappa shape index (κ2) is 13.2. The molecular formula is C34H38N2O7. The third kappa shape index (κ3) is 7.29. The van der Waals surface area contributed by atoms with Gasteiger partial charge in [0.1, 0.15) is 17.2 Å². The lowest BCUT2D eigenvalue weighted by atomic mass is 9.80. The first-order valence-electron chi connectivity index (χ1n) is 14.2. The number of benzene rings is 3. The molecule has 1 aliphatic rings. The molecular weight excluding hydrogens is 548 g/mol. The van der Waals surface area contributed by atoms with Crippen molar-refractivity contribution in [3.05, 3.63) is 108 Å². The van der Waals surface area contributed by atoms with E-state index in [4.69, 9.17) is 14.2 Å². The molecule has 3 aromatic carbocycles. The molecule has 1 fully saturated rings. The number of carbonyl (C=O) groups is 4. The molecule has 0 aliphatic carbocycles. The van der Waals surface area contributed by atoms with Crippen molar-refractivity contribution < 1.29 is 33.4 Å². The summed E-state index contributed by atoms with van der Waals surface area (Å²) in [6.07, 6.45) is -2.08. The van der Waals surface area contributed by atoms with Gasteiger partial charge in [-0.1, -0.05) is 91.0 Å². The fraction of sp³-hybridized carbons (Fsp3) is 0.353. The summed E-state index contributed by atoms with van der Waals surface area (Å²) in [6.45, 7) is 7.25. The Morgan fingerprint density at radius 2 is 1.28 bits per heavy atom. The first-order chi connectivity index (χ1) is 20.4. The number of ether oxygens (including phenoxy) is 3. The summed E-state index contributed by atoms with van der Waals surface area (Å²) in [5.74, 6) is -1.72. The smallest absolute Gasteiger partial charge is 0.411 e. The molecule has 0 radical (unpaired) electrons. The van der Waals surface area contributed by atoms with Crippen molar-refractivity contribution in [2.75, 3.05) is 13.2 Å². The minimum Gasteiger partial charge on any atom is -0.452 e. The van der Waals surface area contributed by atoms with E-state index in [1.54, 1.807) is 20.8 Å². The van der Waals surface area contributed by atoms with Crippen molar-refractivity contribution >= 4 is 23.8 Å². The minimum atomic E-state index is -1.33. The number of ketones is 1. The van der Waals surface area contributed by atoms with E-state index in [0.717, 1.165) is 16.7 Å². The SMILES string of the molecule is CC(=O)N[C@H]1CN(C(=O)OC(C)(C)C)[C@H](COC(c2ccccc2)(c2ccccc2)c2ccccc2)C(=O)[C@@H]1OC(C)=O. The summed E-state index contributed by atoms with van der Waals surface area (Å²) < 4.78 is 18.0. The second-order valence-electron chi connectivity index (χ2n) is 11.5. The first-order valence-corrected chi connectivity index (χ1v) is 14.2. The number of rotatable bonds is 8. The molecule has 0 spiro atoms. The molecule has 1 N–H and O–H groups in total. The van der Waals surface area contributed by atoms with Crippen LogP contribution in [0.3, 0.4) is 0 Å². The van der Waals surface area contributed by atoms with E-state index in [1.807, 2.05) is 91.0 Å². The van der Waals surface area contributed by atoms with Crippen LogP contribution in [0.15, 0.2) is 91.0 Å². The molecule has 1 heterocycles. The van der Waals surface area contributed by atoms with Crippen LogP contribution in [0.2, 0.25) is 0 Å².